The summed E-state index contributed by atoms with van der Waals surface area (Å²) in [4.78, 5) is 4.59. The molecule has 0 aliphatic heterocycles. The monoisotopic (exact) mass is 230 g/mol. The molecule has 1 aliphatic rings. The molecule has 1 saturated carbocycles. The van der Waals surface area contributed by atoms with Crippen LogP contribution in [0, 0.1) is 0 Å². The van der Waals surface area contributed by atoms with E-state index in [2.05, 4.69) is 35.8 Å². The van der Waals surface area contributed by atoms with Crippen LogP contribution < -0.4 is 16.6 Å². The number of hydrogen-bond acceptors (Lipinski definition) is 3. The van der Waals surface area contributed by atoms with Crippen molar-refractivity contribution in [3.8, 4) is 0 Å². The van der Waals surface area contributed by atoms with E-state index in [0.29, 0.717) is 12.1 Å². The first kappa shape index (κ1) is 12.6. The number of nitrogens with zero attached hydrogens (tertiary/aromatic N) is 1. The van der Waals surface area contributed by atoms with Crippen LogP contribution in [0.5, 0.6) is 0 Å². The summed E-state index contributed by atoms with van der Waals surface area (Å²) >= 11 is 1.94. The van der Waals surface area contributed by atoms with Gasteiger partial charge in [0.25, 0.3) is 0 Å². The van der Waals surface area contributed by atoms with Gasteiger partial charge in [-0.2, -0.15) is 11.8 Å². The third kappa shape index (κ3) is 4.30. The fraction of sp³-hybridized carbons (Fsp3) is 0.900. The summed E-state index contributed by atoms with van der Waals surface area (Å²) in [7, 11) is 0. The molecule has 4 N–H and O–H groups in total. The Balaban J connectivity index is 2.45. The number of guanidine groups is 1. The van der Waals surface area contributed by atoms with Gasteiger partial charge in [-0.15, -0.1) is 0 Å². The predicted molar refractivity (Wildman–Crippen MR) is 68.0 cm³/mol. The summed E-state index contributed by atoms with van der Waals surface area (Å²) in [6, 6.07) is 0.789. The van der Waals surface area contributed by atoms with E-state index in [9.17, 15) is 0 Å². The molecule has 2 atom stereocenters. The normalized spacial score (nSPS) is 27.1. The molecule has 0 aromatic rings. The molecule has 88 valence electrons. The highest BCUT2D eigenvalue weighted by Crippen LogP contribution is 2.29. The molecule has 1 fully saturated rings. The topological polar surface area (TPSA) is 62.4 Å². The molecule has 0 heterocycles. The number of thioether (sulfide) groups is 1. The van der Waals surface area contributed by atoms with E-state index in [1.165, 1.54) is 19.3 Å². The van der Waals surface area contributed by atoms with Crippen molar-refractivity contribution < 1.29 is 0 Å². The standard InChI is InChI=1S/C10H22N4S/c1-7(2)12-10(14-11)13-8-4-5-9(6-8)15-3/h7-9H,4-6,11H2,1-3H3,(H2,12,13,14). The molecule has 0 bridgehead atoms. The van der Waals surface area contributed by atoms with Gasteiger partial charge >= 0.3 is 0 Å². The van der Waals surface area contributed by atoms with Crippen molar-refractivity contribution in [3.63, 3.8) is 0 Å². The third-order valence-corrected chi connectivity index (χ3v) is 3.66. The number of hydrogen-bond donors (Lipinski definition) is 3. The Hall–Kier alpha value is -0.420. The third-order valence-electron chi connectivity index (χ3n) is 2.56. The second kappa shape index (κ2) is 6.23. The van der Waals surface area contributed by atoms with Gasteiger partial charge in [0.05, 0.1) is 6.04 Å². The van der Waals surface area contributed by atoms with Crippen molar-refractivity contribution in [2.45, 2.75) is 50.4 Å². The molecule has 2 unspecified atom stereocenters. The number of nitrogens with one attached hydrogen (secondary N) is 2. The molecule has 5 heteroatoms. The quantitative estimate of drug-likeness (QED) is 0.294. The van der Waals surface area contributed by atoms with E-state index in [4.69, 9.17) is 5.84 Å². The predicted octanol–water partition coefficient (Wildman–Crippen LogP) is 1.09. The van der Waals surface area contributed by atoms with E-state index >= 15 is 0 Å². The van der Waals surface area contributed by atoms with Crippen molar-refractivity contribution in [1.29, 1.82) is 0 Å². The van der Waals surface area contributed by atoms with Gasteiger partial charge < -0.3 is 5.32 Å². The van der Waals surface area contributed by atoms with Crippen LogP contribution >= 0.6 is 11.8 Å². The Morgan fingerprint density at radius 3 is 2.67 bits per heavy atom. The molecular formula is C10H22N4S. The number of hydrazine groups is 1. The zero-order chi connectivity index (χ0) is 11.3. The minimum atomic E-state index is 0.359. The molecule has 15 heavy (non-hydrogen) atoms. The average Bonchev–Trinajstić information content (AvgIpc) is 2.64. The maximum absolute atomic E-state index is 5.42. The van der Waals surface area contributed by atoms with Crippen LogP contribution in [-0.2, 0) is 0 Å². The minimum absolute atomic E-state index is 0.359. The maximum Gasteiger partial charge on any atom is 0.206 e. The van der Waals surface area contributed by atoms with Crippen LogP contribution in [0.15, 0.2) is 4.99 Å². The smallest absolute Gasteiger partial charge is 0.206 e. The summed E-state index contributed by atoms with van der Waals surface area (Å²) in [5, 5.41) is 3.97. The zero-order valence-corrected chi connectivity index (χ0v) is 10.6. The van der Waals surface area contributed by atoms with Crippen molar-refractivity contribution >= 4 is 17.7 Å². The van der Waals surface area contributed by atoms with Crippen LogP contribution in [-0.4, -0.2) is 29.5 Å². The Morgan fingerprint density at radius 1 is 1.47 bits per heavy atom. The Morgan fingerprint density at radius 2 is 2.20 bits per heavy atom. The van der Waals surface area contributed by atoms with Crippen molar-refractivity contribution in [3.05, 3.63) is 0 Å². The zero-order valence-electron chi connectivity index (χ0n) is 9.79. The lowest BCUT2D eigenvalue weighted by atomic mass is 10.3. The van der Waals surface area contributed by atoms with Crippen LogP contribution in [0.2, 0.25) is 0 Å². The van der Waals surface area contributed by atoms with Gasteiger partial charge in [-0.3, -0.25) is 5.43 Å². The molecule has 1 aliphatic carbocycles. The highest BCUT2D eigenvalue weighted by atomic mass is 32.2. The average molecular weight is 230 g/mol. The highest BCUT2D eigenvalue weighted by molar-refractivity contribution is 7.99. The molecule has 0 saturated heterocycles. The Labute approximate surface area is 96.4 Å². The Bertz CT molecular complexity index is 217. The van der Waals surface area contributed by atoms with Gasteiger partial charge in [-0.05, 0) is 39.4 Å². The van der Waals surface area contributed by atoms with Gasteiger partial charge in [0.15, 0.2) is 0 Å². The van der Waals surface area contributed by atoms with Gasteiger partial charge in [0.2, 0.25) is 5.96 Å². The van der Waals surface area contributed by atoms with Crippen LogP contribution in [0.3, 0.4) is 0 Å². The summed E-state index contributed by atoms with van der Waals surface area (Å²) in [5.41, 5.74) is 2.63. The molecule has 0 amide bonds. The largest absolute Gasteiger partial charge is 0.353 e. The van der Waals surface area contributed by atoms with Gasteiger partial charge in [0, 0.05) is 11.3 Å². The lowest BCUT2D eigenvalue weighted by Gasteiger charge is -2.14. The van der Waals surface area contributed by atoms with Crippen LogP contribution in [0.25, 0.3) is 0 Å². The molecule has 1 rings (SSSR count). The molecule has 0 radical (unpaired) electrons. The van der Waals surface area contributed by atoms with Gasteiger partial charge in [-0.1, -0.05) is 0 Å². The van der Waals surface area contributed by atoms with Crippen LogP contribution in [0.1, 0.15) is 33.1 Å². The number of rotatable bonds is 3. The second-order valence-corrected chi connectivity index (χ2v) is 5.38. The number of nitrogens with two attached hydrogens (primary N) is 1. The van der Waals surface area contributed by atoms with E-state index in [-0.39, 0.29) is 0 Å². The van der Waals surface area contributed by atoms with Gasteiger partial charge in [-0.25, -0.2) is 10.8 Å². The second-order valence-electron chi connectivity index (χ2n) is 4.25. The first-order valence-corrected chi connectivity index (χ1v) is 6.78. The van der Waals surface area contributed by atoms with Crippen LogP contribution in [0.4, 0.5) is 0 Å². The first-order chi connectivity index (χ1) is 7.15. The summed E-state index contributed by atoms with van der Waals surface area (Å²) < 4.78 is 0. The van der Waals surface area contributed by atoms with Crippen molar-refractivity contribution in [1.82, 2.24) is 10.7 Å². The minimum Gasteiger partial charge on any atom is -0.353 e. The molecule has 0 aromatic heterocycles. The SMILES string of the molecule is CSC1CCC(N=C(NN)NC(C)C)C1. The lowest BCUT2D eigenvalue weighted by molar-refractivity contribution is 0.661. The van der Waals surface area contributed by atoms with E-state index < -0.39 is 0 Å². The van der Waals surface area contributed by atoms with E-state index in [1.807, 2.05) is 11.8 Å². The first-order valence-electron chi connectivity index (χ1n) is 5.49. The fourth-order valence-electron chi connectivity index (χ4n) is 1.82. The van der Waals surface area contributed by atoms with Crippen molar-refractivity contribution in [2.24, 2.45) is 10.8 Å². The lowest BCUT2D eigenvalue weighted by Crippen LogP contribution is -2.45. The van der Waals surface area contributed by atoms with Crippen molar-refractivity contribution in [2.75, 3.05) is 6.26 Å². The summed E-state index contributed by atoms with van der Waals surface area (Å²) in [5.74, 6) is 6.14. The Kier molecular flexibility index (Phi) is 5.25. The fourth-order valence-corrected chi connectivity index (χ4v) is 2.61. The summed E-state index contributed by atoms with van der Waals surface area (Å²) in [6.07, 6.45) is 5.79. The maximum atomic E-state index is 5.42. The molecule has 4 nitrogen and oxygen atoms in total. The highest BCUT2D eigenvalue weighted by Gasteiger charge is 2.23. The molecule has 0 aromatic carbocycles. The van der Waals surface area contributed by atoms with Gasteiger partial charge in [0.1, 0.15) is 0 Å². The van der Waals surface area contributed by atoms with E-state index in [0.717, 1.165) is 11.2 Å². The molecule has 0 spiro atoms. The number of aliphatic imine (C=N–C) groups is 1. The molecular weight excluding hydrogens is 208 g/mol. The summed E-state index contributed by atoms with van der Waals surface area (Å²) in [6.45, 7) is 4.15. The van der Waals surface area contributed by atoms with E-state index in [1.54, 1.807) is 0 Å².